The molecule has 1 fully saturated rings. The van der Waals surface area contributed by atoms with E-state index >= 15 is 0 Å². The lowest BCUT2D eigenvalue weighted by Crippen LogP contribution is -2.49. The van der Waals surface area contributed by atoms with E-state index in [9.17, 15) is 0 Å². The zero-order chi connectivity index (χ0) is 13.1. The van der Waals surface area contributed by atoms with Crippen LogP contribution in [0.4, 0.5) is 5.69 Å². The normalized spacial score (nSPS) is 20.7. The summed E-state index contributed by atoms with van der Waals surface area (Å²) in [5, 5.41) is 6.95. The number of rotatable bonds is 4. The SMILES string of the molecule is CC(CNc1ccc2c(c1)CCO2)N1CCNCC1. The first-order chi connectivity index (χ1) is 9.33. The smallest absolute Gasteiger partial charge is 0.122 e. The van der Waals surface area contributed by atoms with E-state index in [-0.39, 0.29) is 0 Å². The maximum Gasteiger partial charge on any atom is 0.122 e. The summed E-state index contributed by atoms with van der Waals surface area (Å²) >= 11 is 0. The second-order valence-electron chi connectivity index (χ2n) is 5.44. The lowest BCUT2D eigenvalue weighted by molar-refractivity contribution is 0.191. The number of nitrogens with one attached hydrogen (secondary N) is 2. The molecule has 1 aromatic rings. The summed E-state index contributed by atoms with van der Waals surface area (Å²) in [6, 6.07) is 7.01. The van der Waals surface area contributed by atoms with Gasteiger partial charge in [0.05, 0.1) is 6.61 Å². The van der Waals surface area contributed by atoms with Gasteiger partial charge in [-0.25, -0.2) is 0 Å². The van der Waals surface area contributed by atoms with E-state index in [1.165, 1.54) is 11.3 Å². The number of hydrogen-bond donors (Lipinski definition) is 2. The van der Waals surface area contributed by atoms with Gasteiger partial charge in [0.1, 0.15) is 5.75 Å². The summed E-state index contributed by atoms with van der Waals surface area (Å²) in [6.45, 7) is 8.66. The average molecular weight is 261 g/mol. The number of piperazine rings is 1. The van der Waals surface area contributed by atoms with Gasteiger partial charge in [-0.05, 0) is 30.7 Å². The van der Waals surface area contributed by atoms with Gasteiger partial charge in [-0.15, -0.1) is 0 Å². The van der Waals surface area contributed by atoms with Crippen molar-refractivity contribution in [3.05, 3.63) is 23.8 Å². The Labute approximate surface area is 115 Å². The predicted octanol–water partition coefficient (Wildman–Crippen LogP) is 1.33. The first-order valence-electron chi connectivity index (χ1n) is 7.27. The van der Waals surface area contributed by atoms with E-state index < -0.39 is 0 Å². The quantitative estimate of drug-likeness (QED) is 0.857. The third kappa shape index (κ3) is 3.01. The first kappa shape index (κ1) is 12.8. The molecule has 104 valence electrons. The van der Waals surface area contributed by atoms with Crippen molar-refractivity contribution in [3.8, 4) is 5.75 Å². The molecule has 1 aromatic carbocycles. The molecule has 2 N–H and O–H groups in total. The molecule has 0 bridgehead atoms. The number of nitrogens with zero attached hydrogens (tertiary/aromatic N) is 1. The monoisotopic (exact) mass is 261 g/mol. The van der Waals surface area contributed by atoms with Crippen molar-refractivity contribution in [1.29, 1.82) is 0 Å². The number of hydrogen-bond acceptors (Lipinski definition) is 4. The Balaban J connectivity index is 1.53. The molecule has 3 rings (SSSR count). The number of ether oxygens (including phenoxy) is 1. The van der Waals surface area contributed by atoms with Crippen molar-refractivity contribution in [1.82, 2.24) is 10.2 Å². The molecule has 0 aromatic heterocycles. The summed E-state index contributed by atoms with van der Waals surface area (Å²) in [4.78, 5) is 2.54. The Morgan fingerprint density at radius 1 is 1.37 bits per heavy atom. The molecule has 0 saturated carbocycles. The minimum Gasteiger partial charge on any atom is -0.493 e. The maximum absolute atomic E-state index is 5.53. The maximum atomic E-state index is 5.53. The van der Waals surface area contributed by atoms with Gasteiger partial charge >= 0.3 is 0 Å². The minimum atomic E-state index is 0.576. The highest BCUT2D eigenvalue weighted by Gasteiger charge is 2.16. The molecule has 2 heterocycles. The van der Waals surface area contributed by atoms with Crippen molar-refractivity contribution in [2.24, 2.45) is 0 Å². The molecule has 1 unspecified atom stereocenters. The number of anilines is 1. The molecule has 2 aliphatic heterocycles. The summed E-state index contributed by atoms with van der Waals surface area (Å²) in [7, 11) is 0. The van der Waals surface area contributed by atoms with Gasteiger partial charge < -0.3 is 15.4 Å². The van der Waals surface area contributed by atoms with Gasteiger partial charge in [0.2, 0.25) is 0 Å². The van der Waals surface area contributed by atoms with Gasteiger partial charge in [-0.1, -0.05) is 0 Å². The Kier molecular flexibility index (Phi) is 3.89. The molecule has 4 heteroatoms. The predicted molar refractivity (Wildman–Crippen MR) is 78.0 cm³/mol. The van der Waals surface area contributed by atoms with Crippen LogP contribution in [-0.4, -0.2) is 50.3 Å². The van der Waals surface area contributed by atoms with Crippen LogP contribution in [0.3, 0.4) is 0 Å². The number of fused-ring (bicyclic) bond motifs is 1. The van der Waals surface area contributed by atoms with Crippen molar-refractivity contribution < 1.29 is 4.74 Å². The molecule has 1 saturated heterocycles. The summed E-state index contributed by atoms with van der Waals surface area (Å²) in [5.74, 6) is 1.06. The molecular weight excluding hydrogens is 238 g/mol. The minimum absolute atomic E-state index is 0.576. The molecule has 0 spiro atoms. The van der Waals surface area contributed by atoms with Crippen LogP contribution < -0.4 is 15.4 Å². The van der Waals surface area contributed by atoms with Crippen LogP contribution in [0.5, 0.6) is 5.75 Å². The first-order valence-corrected chi connectivity index (χ1v) is 7.27. The molecule has 4 nitrogen and oxygen atoms in total. The van der Waals surface area contributed by atoms with E-state index in [2.05, 4.69) is 40.7 Å². The fourth-order valence-corrected chi connectivity index (χ4v) is 2.81. The van der Waals surface area contributed by atoms with Crippen LogP contribution in [0.15, 0.2) is 18.2 Å². The van der Waals surface area contributed by atoms with Crippen LogP contribution in [0.2, 0.25) is 0 Å². The highest BCUT2D eigenvalue weighted by atomic mass is 16.5. The standard InChI is InChI=1S/C15H23N3O/c1-12(18-7-5-16-6-8-18)11-17-14-2-3-15-13(10-14)4-9-19-15/h2-3,10,12,16-17H,4-9,11H2,1H3. The van der Waals surface area contributed by atoms with Crippen LogP contribution >= 0.6 is 0 Å². The third-order valence-corrected chi connectivity index (χ3v) is 4.07. The molecular formula is C15H23N3O. The molecule has 2 aliphatic rings. The van der Waals surface area contributed by atoms with Gasteiger partial charge in [0.25, 0.3) is 0 Å². The van der Waals surface area contributed by atoms with Gasteiger partial charge in [0.15, 0.2) is 0 Å². The third-order valence-electron chi connectivity index (χ3n) is 4.07. The molecule has 0 amide bonds. The van der Waals surface area contributed by atoms with Crippen LogP contribution in [0, 0.1) is 0 Å². The van der Waals surface area contributed by atoms with Crippen LogP contribution in [0.25, 0.3) is 0 Å². The second-order valence-corrected chi connectivity index (χ2v) is 5.44. The van der Waals surface area contributed by atoms with E-state index in [4.69, 9.17) is 4.74 Å². The summed E-state index contributed by atoms with van der Waals surface area (Å²) in [5.41, 5.74) is 2.55. The molecule has 19 heavy (non-hydrogen) atoms. The van der Waals surface area contributed by atoms with Gasteiger partial charge in [0, 0.05) is 50.9 Å². The van der Waals surface area contributed by atoms with Crippen molar-refractivity contribution >= 4 is 5.69 Å². The van der Waals surface area contributed by atoms with E-state index in [0.717, 1.165) is 51.5 Å². The number of benzene rings is 1. The highest BCUT2D eigenvalue weighted by molar-refractivity contribution is 5.52. The van der Waals surface area contributed by atoms with E-state index in [1.54, 1.807) is 0 Å². The van der Waals surface area contributed by atoms with Crippen molar-refractivity contribution in [2.45, 2.75) is 19.4 Å². The summed E-state index contributed by atoms with van der Waals surface area (Å²) in [6.07, 6.45) is 1.04. The largest absolute Gasteiger partial charge is 0.493 e. The fourth-order valence-electron chi connectivity index (χ4n) is 2.81. The van der Waals surface area contributed by atoms with Crippen molar-refractivity contribution in [3.63, 3.8) is 0 Å². The van der Waals surface area contributed by atoms with Crippen molar-refractivity contribution in [2.75, 3.05) is 44.6 Å². The van der Waals surface area contributed by atoms with E-state index in [0.29, 0.717) is 6.04 Å². The van der Waals surface area contributed by atoms with Gasteiger partial charge in [-0.2, -0.15) is 0 Å². The lowest BCUT2D eigenvalue weighted by Gasteiger charge is -2.33. The average Bonchev–Trinajstić information content (AvgIpc) is 2.93. The fraction of sp³-hybridized carbons (Fsp3) is 0.600. The Morgan fingerprint density at radius 3 is 3.05 bits per heavy atom. The Hall–Kier alpha value is -1.26. The molecule has 1 atom stereocenters. The summed E-state index contributed by atoms with van der Waals surface area (Å²) < 4.78 is 5.53. The lowest BCUT2D eigenvalue weighted by atomic mass is 10.1. The van der Waals surface area contributed by atoms with Crippen LogP contribution in [-0.2, 0) is 6.42 Å². The molecule has 0 radical (unpaired) electrons. The van der Waals surface area contributed by atoms with E-state index in [1.807, 2.05) is 0 Å². The highest BCUT2D eigenvalue weighted by Crippen LogP contribution is 2.27. The van der Waals surface area contributed by atoms with Crippen LogP contribution in [0.1, 0.15) is 12.5 Å². The molecule has 0 aliphatic carbocycles. The van der Waals surface area contributed by atoms with Gasteiger partial charge in [-0.3, -0.25) is 4.90 Å². The topological polar surface area (TPSA) is 36.5 Å². The Morgan fingerprint density at radius 2 is 2.21 bits per heavy atom. The second kappa shape index (κ2) is 5.80. The zero-order valence-electron chi connectivity index (χ0n) is 11.6. The zero-order valence-corrected chi connectivity index (χ0v) is 11.6. The Bertz CT molecular complexity index is 429.